The molecule has 2 heteroatoms. The van der Waals surface area contributed by atoms with Crippen LogP contribution < -0.4 is 0 Å². The second-order valence-electron chi connectivity index (χ2n) is 2.34. The number of hydrogen-bond donors (Lipinski definition) is 0. The zero-order valence-corrected chi connectivity index (χ0v) is 7.81. The fraction of sp³-hybridized carbons (Fsp3) is 0.500. The number of rotatable bonds is 3. The van der Waals surface area contributed by atoms with Crippen molar-refractivity contribution in [3.05, 3.63) is 11.6 Å². The van der Waals surface area contributed by atoms with E-state index in [0.29, 0.717) is 5.57 Å². The fourth-order valence-corrected chi connectivity index (χ4v) is 0.730. The summed E-state index contributed by atoms with van der Waals surface area (Å²) in [5, 5.41) is 0. The highest BCUT2D eigenvalue weighted by atomic mass is 16.5. The molecule has 0 N–H and O–H groups in total. The molecule has 0 atom stereocenters. The first-order valence-corrected chi connectivity index (χ1v) is 3.87. The smallest absolute Gasteiger partial charge is 0.333 e. The van der Waals surface area contributed by atoms with Gasteiger partial charge in [-0.15, -0.1) is 11.8 Å². The lowest BCUT2D eigenvalue weighted by Gasteiger charge is -1.96. The van der Waals surface area contributed by atoms with E-state index in [1.165, 1.54) is 7.11 Å². The minimum absolute atomic E-state index is 0.264. The van der Waals surface area contributed by atoms with Crippen LogP contribution in [0.25, 0.3) is 0 Å². The van der Waals surface area contributed by atoms with Crippen molar-refractivity contribution in [1.82, 2.24) is 0 Å². The van der Waals surface area contributed by atoms with Crippen molar-refractivity contribution in [3.63, 3.8) is 0 Å². The van der Waals surface area contributed by atoms with Gasteiger partial charge in [0.2, 0.25) is 0 Å². The highest BCUT2D eigenvalue weighted by molar-refractivity contribution is 5.87. The van der Waals surface area contributed by atoms with Gasteiger partial charge in [-0.2, -0.15) is 0 Å². The van der Waals surface area contributed by atoms with E-state index in [9.17, 15) is 4.79 Å². The van der Waals surface area contributed by atoms with Crippen molar-refractivity contribution in [2.75, 3.05) is 7.11 Å². The normalized spacial score (nSPS) is 10.1. The van der Waals surface area contributed by atoms with Crippen LogP contribution >= 0.6 is 0 Å². The molecule has 66 valence electrons. The average Bonchev–Trinajstić information content (AvgIpc) is 2.10. The number of ether oxygens (including phenoxy) is 1. The lowest BCUT2D eigenvalue weighted by atomic mass is 10.2. The molecule has 12 heavy (non-hydrogen) atoms. The number of carbonyl (C=O) groups is 1. The van der Waals surface area contributed by atoms with E-state index in [0.717, 1.165) is 12.8 Å². The molecule has 0 saturated heterocycles. The van der Waals surface area contributed by atoms with Crippen LogP contribution in [0.3, 0.4) is 0 Å². The topological polar surface area (TPSA) is 26.3 Å². The van der Waals surface area contributed by atoms with Crippen LogP contribution in [0.4, 0.5) is 0 Å². The summed E-state index contributed by atoms with van der Waals surface area (Å²) in [6.45, 7) is 3.54. The summed E-state index contributed by atoms with van der Waals surface area (Å²) in [7, 11) is 1.38. The van der Waals surface area contributed by atoms with Crippen molar-refractivity contribution in [2.24, 2.45) is 0 Å². The standard InChI is InChI=1S/C10H14O2/c1-4-5-6-7-8-9(2)10(11)12-3/h8H,6-7H2,1-3H3/b9-8+. The Kier molecular flexibility index (Phi) is 5.81. The molecular weight excluding hydrogens is 152 g/mol. The van der Waals surface area contributed by atoms with E-state index in [4.69, 9.17) is 0 Å². The van der Waals surface area contributed by atoms with Crippen molar-refractivity contribution >= 4 is 5.97 Å². The Morgan fingerprint density at radius 3 is 2.75 bits per heavy atom. The van der Waals surface area contributed by atoms with Gasteiger partial charge in [-0.1, -0.05) is 6.08 Å². The number of allylic oxidation sites excluding steroid dienone is 1. The predicted molar refractivity (Wildman–Crippen MR) is 48.5 cm³/mol. The molecule has 0 spiro atoms. The van der Waals surface area contributed by atoms with Gasteiger partial charge in [0.15, 0.2) is 0 Å². The molecule has 0 aliphatic carbocycles. The van der Waals surface area contributed by atoms with Gasteiger partial charge in [0.05, 0.1) is 7.11 Å². The van der Waals surface area contributed by atoms with Gasteiger partial charge in [-0.3, -0.25) is 0 Å². The van der Waals surface area contributed by atoms with Gasteiger partial charge >= 0.3 is 5.97 Å². The molecule has 0 aromatic rings. The van der Waals surface area contributed by atoms with E-state index in [1.54, 1.807) is 13.8 Å². The Labute approximate surface area is 73.6 Å². The van der Waals surface area contributed by atoms with Gasteiger partial charge in [-0.25, -0.2) is 4.79 Å². The van der Waals surface area contributed by atoms with Crippen LogP contribution in [0.15, 0.2) is 11.6 Å². The second-order valence-corrected chi connectivity index (χ2v) is 2.34. The summed E-state index contributed by atoms with van der Waals surface area (Å²) >= 11 is 0. The monoisotopic (exact) mass is 166 g/mol. The number of methoxy groups -OCH3 is 1. The van der Waals surface area contributed by atoms with Crippen LogP contribution in [-0.2, 0) is 9.53 Å². The van der Waals surface area contributed by atoms with Crippen molar-refractivity contribution < 1.29 is 9.53 Å². The molecule has 0 aliphatic heterocycles. The molecule has 2 nitrogen and oxygen atoms in total. The second kappa shape index (κ2) is 6.48. The minimum Gasteiger partial charge on any atom is -0.466 e. The summed E-state index contributed by atoms with van der Waals surface area (Å²) in [5.41, 5.74) is 0.649. The first-order valence-electron chi connectivity index (χ1n) is 3.87. The first-order chi connectivity index (χ1) is 5.72. The summed E-state index contributed by atoms with van der Waals surface area (Å²) in [5.74, 6) is 5.44. The highest BCUT2D eigenvalue weighted by Gasteiger charge is 2.00. The van der Waals surface area contributed by atoms with E-state index in [1.807, 2.05) is 6.08 Å². The lowest BCUT2D eigenvalue weighted by molar-refractivity contribution is -0.136. The Morgan fingerprint density at radius 2 is 2.25 bits per heavy atom. The summed E-state index contributed by atoms with van der Waals surface area (Å²) in [6.07, 6.45) is 3.45. The van der Waals surface area contributed by atoms with Crippen LogP contribution in [0.1, 0.15) is 26.7 Å². The number of carbonyl (C=O) groups excluding carboxylic acids is 1. The number of unbranched alkanes of at least 4 members (excludes halogenated alkanes) is 1. The van der Waals surface area contributed by atoms with E-state index < -0.39 is 0 Å². The van der Waals surface area contributed by atoms with Crippen LogP contribution in [0.5, 0.6) is 0 Å². The maximum atomic E-state index is 10.8. The Morgan fingerprint density at radius 1 is 1.58 bits per heavy atom. The Balaban J connectivity index is 3.81. The molecule has 0 radical (unpaired) electrons. The largest absolute Gasteiger partial charge is 0.466 e. The number of hydrogen-bond acceptors (Lipinski definition) is 2. The summed E-state index contributed by atoms with van der Waals surface area (Å²) < 4.78 is 4.53. The zero-order valence-electron chi connectivity index (χ0n) is 7.81. The number of esters is 1. The van der Waals surface area contributed by atoms with Crippen LogP contribution in [-0.4, -0.2) is 13.1 Å². The molecule has 0 rings (SSSR count). The van der Waals surface area contributed by atoms with E-state index >= 15 is 0 Å². The zero-order chi connectivity index (χ0) is 9.40. The maximum absolute atomic E-state index is 10.8. The molecule has 0 fully saturated rings. The molecule has 0 aromatic heterocycles. The molecule has 0 unspecified atom stereocenters. The quantitative estimate of drug-likeness (QED) is 0.277. The molecule has 0 amide bonds. The lowest BCUT2D eigenvalue weighted by Crippen LogP contribution is -2.00. The van der Waals surface area contributed by atoms with E-state index in [-0.39, 0.29) is 5.97 Å². The van der Waals surface area contributed by atoms with Gasteiger partial charge in [-0.05, 0) is 20.3 Å². The molecule has 0 heterocycles. The highest BCUT2D eigenvalue weighted by Crippen LogP contribution is 1.99. The molecular formula is C10H14O2. The average molecular weight is 166 g/mol. The van der Waals surface area contributed by atoms with Crippen molar-refractivity contribution in [1.29, 1.82) is 0 Å². The summed E-state index contributed by atoms with van der Waals surface area (Å²) in [6, 6.07) is 0. The molecule has 0 aliphatic rings. The molecule has 0 aromatic carbocycles. The first kappa shape index (κ1) is 10.8. The minimum atomic E-state index is -0.264. The van der Waals surface area contributed by atoms with Crippen molar-refractivity contribution in [2.45, 2.75) is 26.7 Å². The van der Waals surface area contributed by atoms with Gasteiger partial charge in [0, 0.05) is 12.0 Å². The SMILES string of the molecule is CC#CCC/C=C(\C)C(=O)OC. The van der Waals surface area contributed by atoms with Crippen molar-refractivity contribution in [3.8, 4) is 11.8 Å². The third-order valence-electron chi connectivity index (χ3n) is 1.40. The Bertz CT molecular complexity index is 228. The maximum Gasteiger partial charge on any atom is 0.333 e. The molecule has 0 bridgehead atoms. The molecule has 0 saturated carbocycles. The van der Waals surface area contributed by atoms with Gasteiger partial charge in [0.1, 0.15) is 0 Å². The Hall–Kier alpha value is -1.23. The van der Waals surface area contributed by atoms with Gasteiger partial charge < -0.3 is 4.74 Å². The summed E-state index contributed by atoms with van der Waals surface area (Å²) in [4.78, 5) is 10.8. The van der Waals surface area contributed by atoms with Crippen LogP contribution in [0.2, 0.25) is 0 Å². The van der Waals surface area contributed by atoms with Gasteiger partial charge in [0.25, 0.3) is 0 Å². The fourth-order valence-electron chi connectivity index (χ4n) is 0.730. The predicted octanol–water partition coefficient (Wildman–Crippen LogP) is 1.91. The third kappa shape index (κ3) is 4.56. The third-order valence-corrected chi connectivity index (χ3v) is 1.40. The van der Waals surface area contributed by atoms with E-state index in [2.05, 4.69) is 16.6 Å². The van der Waals surface area contributed by atoms with Crippen LogP contribution in [0, 0.1) is 11.8 Å².